The summed E-state index contributed by atoms with van der Waals surface area (Å²) in [5.41, 5.74) is 0. The molecule has 0 aromatic heterocycles. The summed E-state index contributed by atoms with van der Waals surface area (Å²) in [5, 5.41) is 3.20. The van der Waals surface area contributed by atoms with Crippen LogP contribution in [0.15, 0.2) is 0 Å². The number of methoxy groups -OCH3 is 1. The number of carbonyl (C=O) groups is 1. The van der Waals surface area contributed by atoms with Crippen molar-refractivity contribution >= 4 is 6.03 Å². The van der Waals surface area contributed by atoms with Crippen molar-refractivity contribution in [2.45, 2.75) is 77.2 Å². The lowest BCUT2D eigenvalue weighted by atomic mass is 9.92. The summed E-state index contributed by atoms with van der Waals surface area (Å²) in [6.07, 6.45) is 5.94. The zero-order valence-corrected chi connectivity index (χ0v) is 14.5. The SMILES string of the molecule is CO[C@H]1CN(C(=O)NC2CCC(OC(C)C)CC2)CC[C@H]1C. The van der Waals surface area contributed by atoms with Crippen molar-refractivity contribution in [3.63, 3.8) is 0 Å². The first-order valence-corrected chi connectivity index (χ1v) is 8.73. The highest BCUT2D eigenvalue weighted by atomic mass is 16.5. The van der Waals surface area contributed by atoms with Crippen LogP contribution >= 0.6 is 0 Å². The molecule has 0 aromatic rings. The van der Waals surface area contributed by atoms with Gasteiger partial charge in [0.05, 0.1) is 18.3 Å². The number of piperidine rings is 1. The van der Waals surface area contributed by atoms with Gasteiger partial charge in [0.2, 0.25) is 0 Å². The molecule has 1 saturated carbocycles. The van der Waals surface area contributed by atoms with Crippen molar-refractivity contribution < 1.29 is 14.3 Å². The molecule has 22 heavy (non-hydrogen) atoms. The Morgan fingerprint density at radius 2 is 1.86 bits per heavy atom. The third-order valence-corrected chi connectivity index (χ3v) is 4.95. The molecule has 128 valence electrons. The Bertz CT molecular complexity index is 354. The maximum Gasteiger partial charge on any atom is 0.317 e. The maximum absolute atomic E-state index is 12.4. The summed E-state index contributed by atoms with van der Waals surface area (Å²) in [6, 6.07) is 0.363. The largest absolute Gasteiger partial charge is 0.379 e. The molecule has 2 aliphatic rings. The Morgan fingerprint density at radius 3 is 2.45 bits per heavy atom. The molecule has 1 aliphatic heterocycles. The molecule has 2 fully saturated rings. The lowest BCUT2D eigenvalue weighted by molar-refractivity contribution is -0.0166. The molecule has 1 heterocycles. The Hall–Kier alpha value is -0.810. The Kier molecular flexibility index (Phi) is 6.50. The highest BCUT2D eigenvalue weighted by Crippen LogP contribution is 2.23. The molecule has 1 aliphatic carbocycles. The standard InChI is InChI=1S/C17H32N2O3/c1-12(2)22-15-7-5-14(6-8-15)18-17(20)19-10-9-13(3)16(11-19)21-4/h12-16H,5-11H2,1-4H3,(H,18,20)/t13-,14?,15?,16+/m1/s1. The fourth-order valence-electron chi connectivity index (χ4n) is 3.52. The van der Waals surface area contributed by atoms with E-state index in [-0.39, 0.29) is 18.2 Å². The van der Waals surface area contributed by atoms with Gasteiger partial charge >= 0.3 is 6.03 Å². The van der Waals surface area contributed by atoms with Gasteiger partial charge in [-0.3, -0.25) is 0 Å². The van der Waals surface area contributed by atoms with Gasteiger partial charge < -0.3 is 19.7 Å². The first kappa shape index (κ1) is 17.5. The molecule has 2 rings (SSSR count). The third kappa shape index (κ3) is 4.85. The van der Waals surface area contributed by atoms with E-state index in [2.05, 4.69) is 26.1 Å². The van der Waals surface area contributed by atoms with Crippen LogP contribution < -0.4 is 5.32 Å². The molecule has 1 N–H and O–H groups in total. The van der Waals surface area contributed by atoms with Crippen molar-refractivity contribution in [1.29, 1.82) is 0 Å². The van der Waals surface area contributed by atoms with Gasteiger partial charge in [0.25, 0.3) is 0 Å². The molecule has 0 radical (unpaired) electrons. The number of nitrogens with one attached hydrogen (secondary N) is 1. The second-order valence-electron chi connectivity index (χ2n) is 7.09. The monoisotopic (exact) mass is 312 g/mol. The second kappa shape index (κ2) is 8.16. The highest BCUT2D eigenvalue weighted by Gasteiger charge is 2.30. The average Bonchev–Trinajstić information content (AvgIpc) is 2.49. The van der Waals surface area contributed by atoms with Gasteiger partial charge in [-0.05, 0) is 51.9 Å². The summed E-state index contributed by atoms with van der Waals surface area (Å²) in [4.78, 5) is 14.3. The van der Waals surface area contributed by atoms with E-state index in [9.17, 15) is 4.79 Å². The van der Waals surface area contributed by atoms with Gasteiger partial charge in [-0.1, -0.05) is 6.92 Å². The average molecular weight is 312 g/mol. The number of hydrogen-bond donors (Lipinski definition) is 1. The number of nitrogens with zero attached hydrogens (tertiary/aromatic N) is 1. The number of rotatable bonds is 4. The van der Waals surface area contributed by atoms with Gasteiger partial charge in [-0.15, -0.1) is 0 Å². The molecular formula is C17H32N2O3. The highest BCUT2D eigenvalue weighted by molar-refractivity contribution is 5.74. The molecule has 0 aromatic carbocycles. The molecular weight excluding hydrogens is 280 g/mol. The number of hydrogen-bond acceptors (Lipinski definition) is 3. The van der Waals surface area contributed by atoms with Gasteiger partial charge in [-0.25, -0.2) is 4.79 Å². The van der Waals surface area contributed by atoms with Crippen LogP contribution in [-0.4, -0.2) is 55.5 Å². The van der Waals surface area contributed by atoms with Crippen molar-refractivity contribution in [1.82, 2.24) is 10.2 Å². The summed E-state index contributed by atoms with van der Waals surface area (Å²) >= 11 is 0. The number of amides is 2. The second-order valence-corrected chi connectivity index (χ2v) is 7.09. The number of ether oxygens (including phenoxy) is 2. The minimum atomic E-state index is 0.0715. The number of likely N-dealkylation sites (tertiary alicyclic amines) is 1. The van der Waals surface area contributed by atoms with E-state index < -0.39 is 0 Å². The lowest BCUT2D eigenvalue weighted by Gasteiger charge is -2.37. The number of carbonyl (C=O) groups excluding carboxylic acids is 1. The summed E-state index contributed by atoms with van der Waals surface area (Å²) < 4.78 is 11.3. The van der Waals surface area contributed by atoms with Crippen LogP contribution in [-0.2, 0) is 9.47 Å². The van der Waals surface area contributed by atoms with E-state index in [0.717, 1.165) is 38.6 Å². The summed E-state index contributed by atoms with van der Waals surface area (Å²) in [7, 11) is 1.73. The van der Waals surface area contributed by atoms with E-state index in [1.54, 1.807) is 7.11 Å². The predicted molar refractivity (Wildman–Crippen MR) is 86.9 cm³/mol. The van der Waals surface area contributed by atoms with E-state index in [1.807, 2.05) is 4.90 Å². The molecule has 5 heteroatoms. The van der Waals surface area contributed by atoms with Crippen LogP contribution in [0.2, 0.25) is 0 Å². The molecule has 0 spiro atoms. The minimum Gasteiger partial charge on any atom is -0.379 e. The van der Waals surface area contributed by atoms with Crippen LogP contribution in [0.25, 0.3) is 0 Å². The summed E-state index contributed by atoms with van der Waals surface area (Å²) in [5.74, 6) is 0.526. The molecule has 0 bridgehead atoms. The van der Waals surface area contributed by atoms with Gasteiger partial charge in [0, 0.05) is 26.2 Å². The van der Waals surface area contributed by atoms with Crippen molar-refractivity contribution in [2.75, 3.05) is 20.2 Å². The van der Waals surface area contributed by atoms with Crippen molar-refractivity contribution in [3.05, 3.63) is 0 Å². The van der Waals surface area contributed by atoms with Crippen LogP contribution in [0.5, 0.6) is 0 Å². The van der Waals surface area contributed by atoms with Crippen molar-refractivity contribution in [2.24, 2.45) is 5.92 Å². The Balaban J connectivity index is 1.74. The minimum absolute atomic E-state index is 0.0715. The van der Waals surface area contributed by atoms with Gasteiger partial charge in [0.1, 0.15) is 0 Å². The van der Waals surface area contributed by atoms with Crippen LogP contribution in [0.3, 0.4) is 0 Å². The van der Waals surface area contributed by atoms with E-state index in [4.69, 9.17) is 9.47 Å². The summed E-state index contributed by atoms with van der Waals surface area (Å²) in [6.45, 7) is 7.89. The van der Waals surface area contributed by atoms with Crippen LogP contribution in [0.1, 0.15) is 52.9 Å². The molecule has 1 saturated heterocycles. The fraction of sp³-hybridized carbons (Fsp3) is 0.941. The lowest BCUT2D eigenvalue weighted by Crippen LogP contribution is -2.52. The maximum atomic E-state index is 12.4. The first-order chi connectivity index (χ1) is 10.5. The third-order valence-electron chi connectivity index (χ3n) is 4.95. The van der Waals surface area contributed by atoms with Crippen molar-refractivity contribution in [3.8, 4) is 0 Å². The Labute approximate surface area is 134 Å². The molecule has 0 unspecified atom stereocenters. The zero-order chi connectivity index (χ0) is 16.1. The number of urea groups is 1. The molecule has 2 atom stereocenters. The quantitative estimate of drug-likeness (QED) is 0.868. The van der Waals surface area contributed by atoms with Crippen LogP contribution in [0.4, 0.5) is 4.79 Å². The van der Waals surface area contributed by atoms with E-state index in [1.165, 1.54) is 0 Å². The predicted octanol–water partition coefficient (Wildman–Crippen LogP) is 2.79. The smallest absolute Gasteiger partial charge is 0.317 e. The molecule has 5 nitrogen and oxygen atoms in total. The van der Waals surface area contributed by atoms with Gasteiger partial charge in [0.15, 0.2) is 0 Å². The topological polar surface area (TPSA) is 50.8 Å². The fourth-order valence-corrected chi connectivity index (χ4v) is 3.52. The molecule has 2 amide bonds. The van der Waals surface area contributed by atoms with Gasteiger partial charge in [-0.2, -0.15) is 0 Å². The van der Waals surface area contributed by atoms with Crippen LogP contribution in [0, 0.1) is 5.92 Å². The zero-order valence-electron chi connectivity index (χ0n) is 14.5. The Morgan fingerprint density at radius 1 is 1.18 bits per heavy atom. The van der Waals surface area contributed by atoms with E-state index in [0.29, 0.717) is 24.6 Å². The normalized spacial score (nSPS) is 33.0. The first-order valence-electron chi connectivity index (χ1n) is 8.73. The van der Waals surface area contributed by atoms with E-state index >= 15 is 0 Å².